The molecule has 0 atom stereocenters. The molecule has 0 saturated carbocycles. The fourth-order valence-electron chi connectivity index (χ4n) is 3.22. The number of benzene rings is 3. The first kappa shape index (κ1) is 22.3. The van der Waals surface area contributed by atoms with Crippen LogP contribution in [0.15, 0.2) is 72.2 Å². The average molecular weight is 653 g/mol. The Kier molecular flexibility index (Phi) is 7.02. The zero-order valence-electron chi connectivity index (χ0n) is 16.3. The van der Waals surface area contributed by atoms with Gasteiger partial charge in [0.25, 0.3) is 11.1 Å². The Morgan fingerprint density at radius 2 is 1.71 bits per heavy atom. The summed E-state index contributed by atoms with van der Waals surface area (Å²) in [5.41, 5.74) is 1.96. The first-order valence-corrected chi connectivity index (χ1v) is 12.4. The van der Waals surface area contributed by atoms with Crippen LogP contribution in [0.25, 0.3) is 16.8 Å². The molecule has 156 valence electrons. The molecule has 1 heterocycles. The van der Waals surface area contributed by atoms with Crippen molar-refractivity contribution in [3.8, 4) is 5.75 Å². The van der Waals surface area contributed by atoms with Gasteiger partial charge in [-0.25, -0.2) is 0 Å². The lowest BCUT2D eigenvalue weighted by Gasteiger charge is -2.12. The quantitative estimate of drug-likeness (QED) is 0.166. The zero-order chi connectivity index (χ0) is 22.0. The van der Waals surface area contributed by atoms with E-state index in [-0.39, 0.29) is 17.7 Å². The van der Waals surface area contributed by atoms with Crippen molar-refractivity contribution in [3.05, 3.63) is 90.4 Å². The molecule has 31 heavy (non-hydrogen) atoms. The fourth-order valence-corrected chi connectivity index (χ4v) is 6.20. The minimum atomic E-state index is -0.281. The summed E-state index contributed by atoms with van der Waals surface area (Å²) in [4.78, 5) is 26.1. The molecule has 7 heteroatoms. The van der Waals surface area contributed by atoms with Crippen molar-refractivity contribution in [2.75, 3.05) is 6.54 Å². The lowest BCUT2D eigenvalue weighted by atomic mass is 10.1. The molecule has 1 aliphatic rings. The van der Waals surface area contributed by atoms with Crippen LogP contribution in [0.2, 0.25) is 0 Å². The molecule has 4 rings (SSSR count). The van der Waals surface area contributed by atoms with Crippen molar-refractivity contribution in [2.45, 2.75) is 6.61 Å². The van der Waals surface area contributed by atoms with E-state index in [2.05, 4.69) is 82.1 Å². The maximum atomic E-state index is 12.4. The summed E-state index contributed by atoms with van der Waals surface area (Å²) >= 11 is 5.44. The molecule has 3 aromatic carbocycles. The number of imide groups is 1. The zero-order valence-corrected chi connectivity index (χ0v) is 21.4. The number of ether oxygens (including phenoxy) is 1. The van der Waals surface area contributed by atoms with Gasteiger partial charge in [0, 0.05) is 6.54 Å². The summed E-state index contributed by atoms with van der Waals surface area (Å²) in [7, 11) is 0. The summed E-state index contributed by atoms with van der Waals surface area (Å²) in [6.45, 7) is 4.29. The molecular weight excluding hydrogens is 636 g/mol. The number of hydrogen-bond donors (Lipinski definition) is 0. The Morgan fingerprint density at radius 1 is 1.00 bits per heavy atom. The number of amides is 2. The number of halogens is 2. The molecule has 1 fully saturated rings. The van der Waals surface area contributed by atoms with Crippen molar-refractivity contribution in [3.63, 3.8) is 0 Å². The number of thioether (sulfide) groups is 1. The van der Waals surface area contributed by atoms with Gasteiger partial charge in [0.2, 0.25) is 0 Å². The van der Waals surface area contributed by atoms with Crippen LogP contribution in [-0.4, -0.2) is 22.6 Å². The van der Waals surface area contributed by atoms with Gasteiger partial charge in [0.05, 0.1) is 12.0 Å². The molecular formula is C24H17I2NO3S. The first-order valence-electron chi connectivity index (χ1n) is 9.42. The summed E-state index contributed by atoms with van der Waals surface area (Å²) < 4.78 is 8.03. The standard InChI is InChI=1S/C24H17I2NO3S/c1-2-9-27-23(28)21(31-24(27)29)13-16-11-19(25)22(20(26)12-16)30-14-15-7-8-17-5-3-4-6-18(17)10-15/h2-8,10-13H,1,9,14H2/b21-13+. The van der Waals surface area contributed by atoms with Gasteiger partial charge in [-0.15, -0.1) is 6.58 Å². The molecule has 1 aliphatic heterocycles. The van der Waals surface area contributed by atoms with E-state index in [1.165, 1.54) is 15.7 Å². The smallest absolute Gasteiger partial charge is 0.293 e. The van der Waals surface area contributed by atoms with Crippen molar-refractivity contribution in [2.24, 2.45) is 0 Å². The molecule has 0 aliphatic carbocycles. The van der Waals surface area contributed by atoms with Crippen molar-refractivity contribution in [1.82, 2.24) is 4.90 Å². The Hall–Kier alpha value is -1.85. The third-order valence-electron chi connectivity index (χ3n) is 4.70. The topological polar surface area (TPSA) is 46.6 Å². The van der Waals surface area contributed by atoms with E-state index in [9.17, 15) is 9.59 Å². The van der Waals surface area contributed by atoms with Crippen LogP contribution in [0.3, 0.4) is 0 Å². The molecule has 0 bridgehead atoms. The third kappa shape index (κ3) is 4.98. The Bertz CT molecular complexity index is 1220. The fraction of sp³-hybridized carbons (Fsp3) is 0.0833. The Labute approximate surface area is 212 Å². The maximum Gasteiger partial charge on any atom is 0.293 e. The largest absolute Gasteiger partial charge is 0.487 e. The second-order valence-corrected chi connectivity index (χ2v) is 10.2. The molecule has 0 unspecified atom stereocenters. The highest BCUT2D eigenvalue weighted by atomic mass is 127. The molecule has 4 nitrogen and oxygen atoms in total. The number of rotatable bonds is 6. The van der Waals surface area contributed by atoms with Gasteiger partial charge in [0.1, 0.15) is 12.4 Å². The lowest BCUT2D eigenvalue weighted by Crippen LogP contribution is -2.27. The van der Waals surface area contributed by atoms with E-state index in [0.717, 1.165) is 35.8 Å². The average Bonchev–Trinajstić information content (AvgIpc) is 3.00. The van der Waals surface area contributed by atoms with Crippen LogP contribution < -0.4 is 4.74 Å². The van der Waals surface area contributed by atoms with E-state index in [1.807, 2.05) is 24.3 Å². The Balaban J connectivity index is 1.52. The second-order valence-electron chi connectivity index (χ2n) is 6.86. The van der Waals surface area contributed by atoms with Gasteiger partial charge in [-0.3, -0.25) is 14.5 Å². The van der Waals surface area contributed by atoms with Gasteiger partial charge < -0.3 is 4.74 Å². The minimum Gasteiger partial charge on any atom is -0.487 e. The van der Waals surface area contributed by atoms with E-state index < -0.39 is 0 Å². The summed E-state index contributed by atoms with van der Waals surface area (Å²) in [5, 5.41) is 2.13. The molecule has 1 saturated heterocycles. The first-order chi connectivity index (χ1) is 15.0. The molecule has 2 amide bonds. The minimum absolute atomic E-state index is 0.221. The maximum absolute atomic E-state index is 12.4. The van der Waals surface area contributed by atoms with E-state index in [0.29, 0.717) is 11.5 Å². The highest BCUT2D eigenvalue weighted by Gasteiger charge is 2.34. The summed E-state index contributed by atoms with van der Waals surface area (Å²) in [6, 6.07) is 18.5. The number of carbonyl (C=O) groups excluding carboxylic acids is 2. The molecule has 0 radical (unpaired) electrons. The van der Waals surface area contributed by atoms with Crippen molar-refractivity contribution in [1.29, 1.82) is 0 Å². The normalized spacial score (nSPS) is 15.2. The highest BCUT2D eigenvalue weighted by molar-refractivity contribution is 14.1. The number of fused-ring (bicyclic) bond motifs is 1. The van der Waals surface area contributed by atoms with Crippen LogP contribution >= 0.6 is 56.9 Å². The summed E-state index contributed by atoms with van der Waals surface area (Å²) in [5.74, 6) is 0.530. The van der Waals surface area contributed by atoms with Gasteiger partial charge in [-0.05, 0) is 103 Å². The predicted molar refractivity (Wildman–Crippen MR) is 143 cm³/mol. The molecule has 0 aromatic heterocycles. The van der Waals surface area contributed by atoms with Crippen LogP contribution in [0, 0.1) is 7.14 Å². The van der Waals surface area contributed by atoms with Crippen molar-refractivity contribution >= 4 is 84.9 Å². The van der Waals surface area contributed by atoms with Crippen LogP contribution in [-0.2, 0) is 11.4 Å². The van der Waals surface area contributed by atoms with E-state index >= 15 is 0 Å². The monoisotopic (exact) mass is 653 g/mol. The summed E-state index contributed by atoms with van der Waals surface area (Å²) in [6.07, 6.45) is 3.30. The van der Waals surface area contributed by atoms with Crippen molar-refractivity contribution < 1.29 is 14.3 Å². The Morgan fingerprint density at radius 3 is 2.42 bits per heavy atom. The second kappa shape index (κ2) is 9.74. The van der Waals surface area contributed by atoms with Gasteiger partial charge in [0.15, 0.2) is 0 Å². The van der Waals surface area contributed by atoms with Gasteiger partial charge in [-0.1, -0.05) is 42.5 Å². The van der Waals surface area contributed by atoms with Gasteiger partial charge >= 0.3 is 0 Å². The predicted octanol–water partition coefficient (Wildman–Crippen LogP) is 6.85. The number of nitrogens with zero attached hydrogens (tertiary/aromatic N) is 1. The SMILES string of the molecule is C=CCN1C(=O)S/C(=C/c2cc(I)c(OCc3ccc4ccccc4c3)c(I)c2)C1=O. The molecule has 3 aromatic rings. The van der Waals surface area contributed by atoms with Crippen LogP contribution in [0.4, 0.5) is 4.79 Å². The van der Waals surface area contributed by atoms with Crippen LogP contribution in [0.5, 0.6) is 5.75 Å². The molecule has 0 spiro atoms. The molecule has 0 N–H and O–H groups in total. The lowest BCUT2D eigenvalue weighted by molar-refractivity contribution is -0.122. The van der Waals surface area contributed by atoms with Crippen LogP contribution in [0.1, 0.15) is 11.1 Å². The highest BCUT2D eigenvalue weighted by Crippen LogP contribution is 2.35. The third-order valence-corrected chi connectivity index (χ3v) is 7.21. The number of hydrogen-bond acceptors (Lipinski definition) is 4. The van der Waals surface area contributed by atoms with E-state index in [1.54, 1.807) is 12.2 Å². The van der Waals surface area contributed by atoms with E-state index in [4.69, 9.17) is 4.74 Å². The number of carbonyl (C=O) groups is 2. The van der Waals surface area contributed by atoms with Gasteiger partial charge in [-0.2, -0.15) is 0 Å².